The molecule has 1 unspecified atom stereocenters. The standard InChI is InChI=1S/C20H23F3N2O/c1-4-14-9-11-15(12-10-14)18(25(2)3)13-24-19(26)16-7-5-6-8-17(16)20(21,22)23/h5-12,18H,4,13H2,1-3H3,(H,24,26). The topological polar surface area (TPSA) is 32.3 Å². The number of nitrogens with zero attached hydrogens (tertiary/aromatic N) is 1. The van der Waals surface area contributed by atoms with E-state index in [0.717, 1.165) is 18.1 Å². The quantitative estimate of drug-likeness (QED) is 0.829. The van der Waals surface area contributed by atoms with Crippen molar-refractivity contribution in [1.29, 1.82) is 0 Å². The molecule has 0 saturated carbocycles. The molecule has 0 bridgehead atoms. The van der Waals surface area contributed by atoms with Crippen LogP contribution in [0, 0.1) is 0 Å². The third kappa shape index (κ3) is 4.85. The van der Waals surface area contributed by atoms with Crippen molar-refractivity contribution in [2.24, 2.45) is 0 Å². The summed E-state index contributed by atoms with van der Waals surface area (Å²) in [4.78, 5) is 14.3. The summed E-state index contributed by atoms with van der Waals surface area (Å²) in [5.74, 6) is -0.727. The van der Waals surface area contributed by atoms with Crippen molar-refractivity contribution in [3.05, 3.63) is 70.8 Å². The third-order valence-electron chi connectivity index (χ3n) is 4.33. The predicted octanol–water partition coefficient (Wildman–Crippen LogP) is 4.30. The van der Waals surface area contributed by atoms with Crippen molar-refractivity contribution >= 4 is 5.91 Å². The van der Waals surface area contributed by atoms with Gasteiger partial charge in [-0.3, -0.25) is 4.79 Å². The summed E-state index contributed by atoms with van der Waals surface area (Å²) in [6.45, 7) is 2.28. The molecule has 0 aromatic heterocycles. The maximum Gasteiger partial charge on any atom is 0.417 e. The van der Waals surface area contributed by atoms with Crippen molar-refractivity contribution in [2.75, 3.05) is 20.6 Å². The number of carbonyl (C=O) groups is 1. The number of halogens is 3. The first-order valence-electron chi connectivity index (χ1n) is 8.43. The number of hydrogen-bond donors (Lipinski definition) is 1. The van der Waals surface area contributed by atoms with E-state index in [1.54, 1.807) is 0 Å². The molecule has 26 heavy (non-hydrogen) atoms. The first-order valence-corrected chi connectivity index (χ1v) is 8.43. The first-order chi connectivity index (χ1) is 12.2. The Morgan fingerprint density at radius 1 is 1.08 bits per heavy atom. The van der Waals surface area contributed by atoms with Gasteiger partial charge in [0, 0.05) is 6.54 Å². The fraction of sp³-hybridized carbons (Fsp3) is 0.350. The summed E-state index contributed by atoms with van der Waals surface area (Å²) in [5.41, 5.74) is 0.913. The average Bonchev–Trinajstić information content (AvgIpc) is 2.61. The lowest BCUT2D eigenvalue weighted by atomic mass is 10.0. The molecular formula is C20H23F3N2O. The van der Waals surface area contributed by atoms with Crippen LogP contribution in [0.4, 0.5) is 13.2 Å². The molecule has 2 aromatic rings. The molecule has 0 fully saturated rings. The van der Waals surface area contributed by atoms with Crippen LogP contribution in [0.1, 0.15) is 40.0 Å². The number of carbonyl (C=O) groups excluding carboxylic acids is 1. The van der Waals surface area contributed by atoms with E-state index in [2.05, 4.69) is 12.2 Å². The monoisotopic (exact) mass is 364 g/mol. The zero-order valence-electron chi connectivity index (χ0n) is 15.1. The summed E-state index contributed by atoms with van der Waals surface area (Å²) in [6.07, 6.45) is -3.64. The van der Waals surface area contributed by atoms with Gasteiger partial charge >= 0.3 is 6.18 Å². The largest absolute Gasteiger partial charge is 0.417 e. The highest BCUT2D eigenvalue weighted by molar-refractivity contribution is 5.95. The molecule has 0 radical (unpaired) electrons. The highest BCUT2D eigenvalue weighted by atomic mass is 19.4. The SMILES string of the molecule is CCc1ccc(C(CNC(=O)c2ccccc2C(F)(F)F)N(C)C)cc1. The Balaban J connectivity index is 2.16. The van der Waals surface area contributed by atoms with E-state index in [1.165, 1.54) is 23.8 Å². The molecule has 1 atom stereocenters. The number of likely N-dealkylation sites (N-methyl/N-ethyl adjacent to an activating group) is 1. The first kappa shape index (κ1) is 20.0. The second-order valence-corrected chi connectivity index (χ2v) is 6.33. The maximum atomic E-state index is 13.1. The summed E-state index contributed by atoms with van der Waals surface area (Å²) in [7, 11) is 3.74. The highest BCUT2D eigenvalue weighted by Crippen LogP contribution is 2.31. The van der Waals surface area contributed by atoms with Gasteiger partial charge in [-0.25, -0.2) is 0 Å². The van der Waals surface area contributed by atoms with Gasteiger partial charge in [-0.15, -0.1) is 0 Å². The lowest BCUT2D eigenvalue weighted by Crippen LogP contribution is -2.35. The van der Waals surface area contributed by atoms with Crippen molar-refractivity contribution in [2.45, 2.75) is 25.6 Å². The fourth-order valence-corrected chi connectivity index (χ4v) is 2.79. The van der Waals surface area contributed by atoms with E-state index in [0.29, 0.717) is 0 Å². The second-order valence-electron chi connectivity index (χ2n) is 6.33. The Hall–Kier alpha value is -2.34. The Labute approximate surface area is 151 Å². The van der Waals surface area contributed by atoms with Crippen molar-refractivity contribution < 1.29 is 18.0 Å². The van der Waals surface area contributed by atoms with Crippen LogP contribution in [0.3, 0.4) is 0 Å². The van der Waals surface area contributed by atoms with Gasteiger partial charge in [0.15, 0.2) is 0 Å². The predicted molar refractivity (Wildman–Crippen MR) is 96.0 cm³/mol. The number of benzene rings is 2. The fourth-order valence-electron chi connectivity index (χ4n) is 2.79. The summed E-state index contributed by atoms with van der Waals surface area (Å²) >= 11 is 0. The van der Waals surface area contributed by atoms with Crippen LogP contribution in [0.15, 0.2) is 48.5 Å². The Bertz CT molecular complexity index is 739. The van der Waals surface area contributed by atoms with Gasteiger partial charge in [0.1, 0.15) is 0 Å². The van der Waals surface area contributed by atoms with Gasteiger partial charge in [0.05, 0.1) is 17.2 Å². The molecule has 0 heterocycles. The van der Waals surface area contributed by atoms with Crippen LogP contribution in [0.5, 0.6) is 0 Å². The number of hydrogen-bond acceptors (Lipinski definition) is 2. The molecule has 2 rings (SSSR count). The molecule has 6 heteroatoms. The summed E-state index contributed by atoms with van der Waals surface area (Å²) in [6, 6.07) is 12.7. The van der Waals surface area contributed by atoms with E-state index in [-0.39, 0.29) is 18.2 Å². The minimum atomic E-state index is -4.56. The zero-order valence-corrected chi connectivity index (χ0v) is 15.1. The van der Waals surface area contributed by atoms with E-state index >= 15 is 0 Å². The van der Waals surface area contributed by atoms with Gasteiger partial charge < -0.3 is 10.2 Å². The van der Waals surface area contributed by atoms with Crippen LogP contribution >= 0.6 is 0 Å². The molecule has 0 aliphatic rings. The van der Waals surface area contributed by atoms with E-state index in [1.807, 2.05) is 43.3 Å². The molecule has 140 valence electrons. The van der Waals surface area contributed by atoms with Gasteiger partial charge in [0.25, 0.3) is 5.91 Å². The van der Waals surface area contributed by atoms with Gasteiger partial charge in [-0.1, -0.05) is 43.3 Å². The molecule has 3 nitrogen and oxygen atoms in total. The van der Waals surface area contributed by atoms with Crippen LogP contribution < -0.4 is 5.32 Å². The minimum Gasteiger partial charge on any atom is -0.350 e. The van der Waals surface area contributed by atoms with Crippen molar-refractivity contribution in [3.8, 4) is 0 Å². The second kappa shape index (κ2) is 8.36. The van der Waals surface area contributed by atoms with Crippen molar-refractivity contribution in [1.82, 2.24) is 10.2 Å². The number of aryl methyl sites for hydroxylation is 1. The van der Waals surface area contributed by atoms with E-state index < -0.39 is 17.6 Å². The molecule has 0 spiro atoms. The normalized spacial score (nSPS) is 12.9. The smallest absolute Gasteiger partial charge is 0.350 e. The van der Waals surface area contributed by atoms with Gasteiger partial charge in [-0.2, -0.15) is 13.2 Å². The number of amides is 1. The van der Waals surface area contributed by atoms with Crippen molar-refractivity contribution in [3.63, 3.8) is 0 Å². The summed E-state index contributed by atoms with van der Waals surface area (Å²) < 4.78 is 39.3. The molecule has 2 aromatic carbocycles. The highest BCUT2D eigenvalue weighted by Gasteiger charge is 2.34. The molecule has 0 aliphatic heterocycles. The molecule has 1 N–H and O–H groups in total. The molecule has 0 saturated heterocycles. The molecule has 1 amide bonds. The number of rotatable bonds is 6. The maximum absolute atomic E-state index is 13.1. The Kier molecular flexibility index (Phi) is 6.42. The van der Waals surface area contributed by atoms with Gasteiger partial charge in [-0.05, 0) is 43.8 Å². The number of nitrogens with one attached hydrogen (secondary N) is 1. The Morgan fingerprint density at radius 3 is 2.23 bits per heavy atom. The van der Waals surface area contributed by atoms with E-state index in [9.17, 15) is 18.0 Å². The summed E-state index contributed by atoms with van der Waals surface area (Å²) in [5, 5.41) is 2.64. The molecular weight excluding hydrogens is 341 g/mol. The number of alkyl halides is 3. The van der Waals surface area contributed by atoms with Crippen LogP contribution in [0.25, 0.3) is 0 Å². The van der Waals surface area contributed by atoms with Gasteiger partial charge in [0.2, 0.25) is 0 Å². The van der Waals surface area contributed by atoms with Crippen LogP contribution in [-0.4, -0.2) is 31.4 Å². The molecule has 0 aliphatic carbocycles. The third-order valence-corrected chi connectivity index (χ3v) is 4.33. The van der Waals surface area contributed by atoms with Crippen LogP contribution in [0.2, 0.25) is 0 Å². The lowest BCUT2D eigenvalue weighted by Gasteiger charge is -2.25. The van der Waals surface area contributed by atoms with Crippen LogP contribution in [-0.2, 0) is 12.6 Å². The zero-order chi connectivity index (χ0) is 19.3. The Morgan fingerprint density at radius 2 is 1.69 bits per heavy atom. The lowest BCUT2D eigenvalue weighted by molar-refractivity contribution is -0.137. The average molecular weight is 364 g/mol. The minimum absolute atomic E-state index is 0.136. The van der Waals surface area contributed by atoms with E-state index in [4.69, 9.17) is 0 Å².